The van der Waals surface area contributed by atoms with Crippen LogP contribution in [0.3, 0.4) is 0 Å². The number of hydrogen-bond acceptors (Lipinski definition) is 0. The fourth-order valence-electron chi connectivity index (χ4n) is 1.54. The second-order valence-electron chi connectivity index (χ2n) is 3.56. The van der Waals surface area contributed by atoms with Gasteiger partial charge in [0.05, 0.1) is 0 Å². The highest BCUT2D eigenvalue weighted by Crippen LogP contribution is 2.08. The van der Waals surface area contributed by atoms with E-state index in [4.69, 9.17) is 0 Å². The van der Waals surface area contributed by atoms with Crippen molar-refractivity contribution in [2.75, 3.05) is 0 Å². The quantitative estimate of drug-likeness (QED) is 0.539. The molecule has 0 atom stereocenters. The standard InChI is InChI=1S/C9H24Si2/c1-4-6-8-11(10-3)9-7-5-2/h11H,4-10H2,1-3H3. The first-order valence-corrected chi connectivity index (χ1v) is 11.7. The van der Waals surface area contributed by atoms with Crippen LogP contribution in [-0.2, 0) is 0 Å². The molecule has 0 N–H and O–H groups in total. The summed E-state index contributed by atoms with van der Waals surface area (Å²) in [4.78, 5) is 0. The van der Waals surface area contributed by atoms with Crippen molar-refractivity contribution in [3.8, 4) is 0 Å². The summed E-state index contributed by atoms with van der Waals surface area (Å²) < 4.78 is 0. The summed E-state index contributed by atoms with van der Waals surface area (Å²) >= 11 is 0. The van der Waals surface area contributed by atoms with Crippen LogP contribution in [0.2, 0.25) is 18.6 Å². The van der Waals surface area contributed by atoms with Crippen LogP contribution in [0.25, 0.3) is 0 Å². The van der Waals surface area contributed by atoms with E-state index in [0.29, 0.717) is 9.04 Å². The largest absolute Gasteiger partial charge is 0.0769 e. The van der Waals surface area contributed by atoms with Crippen LogP contribution in [-0.4, -0.2) is 17.4 Å². The first-order valence-electron chi connectivity index (χ1n) is 5.35. The molecule has 2 heteroatoms. The maximum Gasteiger partial charge on any atom is 0.0238 e. The first-order chi connectivity index (χ1) is 5.35. The zero-order valence-electron chi connectivity index (χ0n) is 8.53. The smallest absolute Gasteiger partial charge is 0.0238 e. The molecule has 0 unspecified atom stereocenters. The fraction of sp³-hybridized carbons (Fsp3) is 1.00. The van der Waals surface area contributed by atoms with Gasteiger partial charge in [0, 0.05) is 17.4 Å². The zero-order valence-corrected chi connectivity index (χ0v) is 11.1. The van der Waals surface area contributed by atoms with Crippen LogP contribution in [0.1, 0.15) is 39.5 Å². The minimum atomic E-state index is -0.109. The molecular formula is C9H24Si2. The van der Waals surface area contributed by atoms with Gasteiger partial charge < -0.3 is 0 Å². The van der Waals surface area contributed by atoms with Crippen molar-refractivity contribution in [3.05, 3.63) is 0 Å². The normalized spacial score (nSPS) is 12.0. The predicted molar refractivity (Wildman–Crippen MR) is 61.0 cm³/mol. The molecule has 0 aliphatic rings. The fourth-order valence-corrected chi connectivity index (χ4v) is 8.80. The molecule has 0 rings (SSSR count). The van der Waals surface area contributed by atoms with Gasteiger partial charge in [-0.2, -0.15) is 0 Å². The number of unbranched alkanes of at least 4 members (excludes halogenated alkanes) is 2. The minimum Gasteiger partial charge on any atom is -0.0769 e. The minimum absolute atomic E-state index is 0.109. The van der Waals surface area contributed by atoms with Crippen molar-refractivity contribution in [2.45, 2.75) is 58.2 Å². The lowest BCUT2D eigenvalue weighted by Gasteiger charge is -2.10. The Bertz CT molecular complexity index is 66.0. The molecule has 11 heavy (non-hydrogen) atoms. The lowest BCUT2D eigenvalue weighted by atomic mass is 10.4. The van der Waals surface area contributed by atoms with Crippen molar-refractivity contribution in [1.82, 2.24) is 0 Å². The van der Waals surface area contributed by atoms with Crippen LogP contribution in [0.15, 0.2) is 0 Å². The van der Waals surface area contributed by atoms with Gasteiger partial charge in [0.2, 0.25) is 0 Å². The Morgan fingerprint density at radius 3 is 1.73 bits per heavy atom. The Morgan fingerprint density at radius 1 is 1.00 bits per heavy atom. The van der Waals surface area contributed by atoms with Crippen LogP contribution >= 0.6 is 0 Å². The van der Waals surface area contributed by atoms with Gasteiger partial charge in [-0.25, -0.2) is 0 Å². The van der Waals surface area contributed by atoms with E-state index in [1.54, 1.807) is 12.1 Å². The number of rotatable bonds is 7. The van der Waals surface area contributed by atoms with E-state index in [2.05, 4.69) is 20.4 Å². The Labute approximate surface area is 76.0 Å². The summed E-state index contributed by atoms with van der Waals surface area (Å²) in [6, 6.07) is 3.33. The third kappa shape index (κ3) is 6.82. The van der Waals surface area contributed by atoms with Gasteiger partial charge in [-0.15, -0.1) is 0 Å². The topological polar surface area (TPSA) is 0 Å². The monoisotopic (exact) mass is 188 g/mol. The molecule has 0 fully saturated rings. The highest BCUT2D eigenvalue weighted by molar-refractivity contribution is 7.11. The van der Waals surface area contributed by atoms with Gasteiger partial charge in [0.25, 0.3) is 0 Å². The summed E-state index contributed by atoms with van der Waals surface area (Å²) in [6.07, 6.45) is 5.90. The SMILES string of the molecule is CCCC[SiH](CCCC)[SiH2]C. The molecule has 0 radical (unpaired) electrons. The molecule has 0 aromatic carbocycles. The van der Waals surface area contributed by atoms with Crippen molar-refractivity contribution in [2.24, 2.45) is 0 Å². The van der Waals surface area contributed by atoms with Gasteiger partial charge in [-0.05, 0) is 0 Å². The second kappa shape index (κ2) is 8.53. The van der Waals surface area contributed by atoms with E-state index in [-0.39, 0.29) is 8.31 Å². The molecule has 0 nitrogen and oxygen atoms in total. The summed E-state index contributed by atoms with van der Waals surface area (Å²) in [6.45, 7) is 7.17. The Balaban J connectivity index is 3.25. The Hall–Kier alpha value is 0.434. The van der Waals surface area contributed by atoms with E-state index < -0.39 is 0 Å². The summed E-state index contributed by atoms with van der Waals surface area (Å²) in [5.41, 5.74) is 0. The zero-order chi connectivity index (χ0) is 8.53. The van der Waals surface area contributed by atoms with Gasteiger partial charge in [0.1, 0.15) is 0 Å². The summed E-state index contributed by atoms with van der Waals surface area (Å²) in [5, 5.41) is 0. The number of hydrogen-bond donors (Lipinski definition) is 0. The Kier molecular flexibility index (Phi) is 8.87. The average molecular weight is 188 g/mol. The van der Waals surface area contributed by atoms with Gasteiger partial charge in [0.15, 0.2) is 0 Å². The molecule has 0 aliphatic heterocycles. The average Bonchev–Trinajstić information content (AvgIpc) is 2.05. The van der Waals surface area contributed by atoms with Gasteiger partial charge in [-0.3, -0.25) is 0 Å². The molecule has 0 saturated heterocycles. The van der Waals surface area contributed by atoms with Crippen LogP contribution in [0.4, 0.5) is 0 Å². The van der Waals surface area contributed by atoms with Crippen molar-refractivity contribution >= 4 is 17.4 Å². The van der Waals surface area contributed by atoms with Crippen molar-refractivity contribution in [1.29, 1.82) is 0 Å². The molecule has 68 valence electrons. The molecule has 0 aromatic heterocycles. The highest BCUT2D eigenvalue weighted by atomic mass is 29.2. The maximum absolute atomic E-state index is 2.53. The molecule has 0 saturated carbocycles. The molecule has 0 heterocycles. The van der Waals surface area contributed by atoms with E-state index in [1.807, 2.05) is 0 Å². The lowest BCUT2D eigenvalue weighted by molar-refractivity contribution is 0.848. The van der Waals surface area contributed by atoms with E-state index in [9.17, 15) is 0 Å². The van der Waals surface area contributed by atoms with Crippen molar-refractivity contribution < 1.29 is 0 Å². The second-order valence-corrected chi connectivity index (χ2v) is 13.2. The molecule has 0 aromatic rings. The van der Waals surface area contributed by atoms with Crippen LogP contribution in [0, 0.1) is 0 Å². The third-order valence-electron chi connectivity index (χ3n) is 2.51. The van der Waals surface area contributed by atoms with Crippen LogP contribution < -0.4 is 0 Å². The molecule has 0 aliphatic carbocycles. The molecule has 0 amide bonds. The molecule has 0 bridgehead atoms. The summed E-state index contributed by atoms with van der Waals surface area (Å²) in [5.74, 6) is 0. The van der Waals surface area contributed by atoms with Crippen LogP contribution in [0.5, 0.6) is 0 Å². The Morgan fingerprint density at radius 2 is 1.45 bits per heavy atom. The highest BCUT2D eigenvalue weighted by Gasteiger charge is 2.05. The summed E-state index contributed by atoms with van der Waals surface area (Å²) in [7, 11) is 0.317. The third-order valence-corrected chi connectivity index (χ3v) is 12.0. The van der Waals surface area contributed by atoms with Gasteiger partial charge in [-0.1, -0.05) is 58.2 Å². The first kappa shape index (κ1) is 11.4. The van der Waals surface area contributed by atoms with E-state index >= 15 is 0 Å². The predicted octanol–water partition coefficient (Wildman–Crippen LogP) is 2.53. The van der Waals surface area contributed by atoms with E-state index in [0.717, 1.165) is 0 Å². The van der Waals surface area contributed by atoms with Gasteiger partial charge >= 0.3 is 0 Å². The van der Waals surface area contributed by atoms with Crippen molar-refractivity contribution in [3.63, 3.8) is 0 Å². The molecular weight excluding hydrogens is 164 g/mol. The lowest BCUT2D eigenvalue weighted by Crippen LogP contribution is -2.18. The maximum atomic E-state index is 2.53. The van der Waals surface area contributed by atoms with E-state index in [1.165, 1.54) is 25.7 Å². The molecule has 0 spiro atoms.